The van der Waals surface area contributed by atoms with Crippen molar-refractivity contribution in [3.05, 3.63) is 30.0 Å². The van der Waals surface area contributed by atoms with E-state index in [4.69, 9.17) is 0 Å². The van der Waals surface area contributed by atoms with E-state index in [0.29, 0.717) is 12.0 Å². The number of fused-ring (bicyclic) bond motifs is 4. The summed E-state index contributed by atoms with van der Waals surface area (Å²) >= 11 is 1.47. The summed E-state index contributed by atoms with van der Waals surface area (Å²) in [5.41, 5.74) is 0.742. The van der Waals surface area contributed by atoms with Gasteiger partial charge in [-0.2, -0.15) is 4.37 Å². The highest BCUT2D eigenvalue weighted by atomic mass is 32.1. The van der Waals surface area contributed by atoms with Crippen LogP contribution in [0.4, 0.5) is 0 Å². The maximum atomic E-state index is 12.6. The number of piperidine rings is 3. The molecule has 1 amide bonds. The zero-order chi connectivity index (χ0) is 14.4. The Kier molecular flexibility index (Phi) is 3.19. The number of nitrogens with one attached hydrogen (secondary N) is 1. The Bertz CT molecular complexity index is 673. The molecule has 110 valence electrons. The molecule has 3 fully saturated rings. The predicted molar refractivity (Wildman–Crippen MR) is 84.6 cm³/mol. The van der Waals surface area contributed by atoms with Gasteiger partial charge in [-0.3, -0.25) is 9.69 Å². The molecule has 3 saturated heterocycles. The zero-order valence-electron chi connectivity index (χ0n) is 12.1. The van der Waals surface area contributed by atoms with Crippen molar-refractivity contribution in [1.29, 1.82) is 0 Å². The SMILES string of the molecule is C[C@H]1[C@H](NC(=O)c2ccc3sncc3c2)C2CCN1CC2. The fourth-order valence-corrected chi connectivity index (χ4v) is 4.42. The van der Waals surface area contributed by atoms with Crippen molar-refractivity contribution in [2.75, 3.05) is 13.1 Å². The van der Waals surface area contributed by atoms with Crippen molar-refractivity contribution in [3.63, 3.8) is 0 Å². The molecular weight excluding hydrogens is 282 g/mol. The lowest BCUT2D eigenvalue weighted by molar-refractivity contribution is 0.0217. The van der Waals surface area contributed by atoms with Crippen LogP contribution < -0.4 is 5.32 Å². The van der Waals surface area contributed by atoms with E-state index in [0.717, 1.165) is 15.6 Å². The molecule has 0 radical (unpaired) electrons. The van der Waals surface area contributed by atoms with Crippen LogP contribution in [0.2, 0.25) is 0 Å². The third kappa shape index (κ3) is 2.24. The van der Waals surface area contributed by atoms with E-state index >= 15 is 0 Å². The zero-order valence-corrected chi connectivity index (χ0v) is 12.9. The monoisotopic (exact) mass is 301 g/mol. The first-order chi connectivity index (χ1) is 10.2. The van der Waals surface area contributed by atoms with Crippen molar-refractivity contribution in [2.24, 2.45) is 5.92 Å². The van der Waals surface area contributed by atoms with Crippen LogP contribution in [0.3, 0.4) is 0 Å². The minimum absolute atomic E-state index is 0.0497. The molecule has 5 heteroatoms. The molecule has 0 saturated carbocycles. The van der Waals surface area contributed by atoms with Gasteiger partial charge in [0.25, 0.3) is 5.91 Å². The topological polar surface area (TPSA) is 45.2 Å². The lowest BCUT2D eigenvalue weighted by Gasteiger charge is -2.49. The summed E-state index contributed by atoms with van der Waals surface area (Å²) in [6.45, 7) is 4.61. The Labute approximate surface area is 128 Å². The van der Waals surface area contributed by atoms with Crippen molar-refractivity contribution in [1.82, 2.24) is 14.6 Å². The third-order valence-corrected chi connectivity index (χ3v) is 5.87. The summed E-state index contributed by atoms with van der Waals surface area (Å²) in [7, 11) is 0. The Hall–Kier alpha value is -1.46. The maximum Gasteiger partial charge on any atom is 0.251 e. The quantitative estimate of drug-likeness (QED) is 0.927. The van der Waals surface area contributed by atoms with E-state index in [9.17, 15) is 4.79 Å². The predicted octanol–water partition coefficient (Wildman–Crippen LogP) is 2.51. The van der Waals surface area contributed by atoms with Gasteiger partial charge in [-0.1, -0.05) is 0 Å². The Morgan fingerprint density at radius 3 is 2.95 bits per heavy atom. The number of rotatable bonds is 2. The van der Waals surface area contributed by atoms with Gasteiger partial charge < -0.3 is 5.32 Å². The number of nitrogens with zero attached hydrogens (tertiary/aromatic N) is 2. The lowest BCUT2D eigenvalue weighted by atomic mass is 9.79. The van der Waals surface area contributed by atoms with Gasteiger partial charge in [0.15, 0.2) is 0 Å². The number of hydrogen-bond donors (Lipinski definition) is 1. The van der Waals surface area contributed by atoms with Gasteiger partial charge in [-0.05, 0) is 68.5 Å². The summed E-state index contributed by atoms with van der Waals surface area (Å²) in [6.07, 6.45) is 4.25. The van der Waals surface area contributed by atoms with E-state index in [1.807, 2.05) is 24.4 Å². The highest BCUT2D eigenvalue weighted by Crippen LogP contribution is 2.32. The van der Waals surface area contributed by atoms with Crippen LogP contribution >= 0.6 is 11.5 Å². The Balaban J connectivity index is 1.54. The molecule has 0 unspecified atom stereocenters. The molecule has 0 aliphatic carbocycles. The van der Waals surface area contributed by atoms with E-state index in [2.05, 4.69) is 21.5 Å². The van der Waals surface area contributed by atoms with Crippen molar-refractivity contribution < 1.29 is 4.79 Å². The van der Waals surface area contributed by atoms with E-state index in [1.54, 1.807) is 0 Å². The minimum atomic E-state index is 0.0497. The lowest BCUT2D eigenvalue weighted by Crippen LogP contribution is -2.62. The molecule has 1 N–H and O–H groups in total. The maximum absolute atomic E-state index is 12.6. The second kappa shape index (κ2) is 5.07. The van der Waals surface area contributed by atoms with Gasteiger partial charge in [-0.25, -0.2) is 0 Å². The molecule has 4 heterocycles. The van der Waals surface area contributed by atoms with Gasteiger partial charge in [0, 0.05) is 29.2 Å². The van der Waals surface area contributed by atoms with Crippen molar-refractivity contribution >= 4 is 27.5 Å². The molecule has 2 atom stereocenters. The molecule has 4 nitrogen and oxygen atoms in total. The van der Waals surface area contributed by atoms with Crippen LogP contribution in [0.15, 0.2) is 24.4 Å². The fraction of sp³-hybridized carbons (Fsp3) is 0.500. The molecule has 21 heavy (non-hydrogen) atoms. The van der Waals surface area contributed by atoms with Crippen LogP contribution in [-0.4, -0.2) is 40.4 Å². The molecule has 2 bridgehead atoms. The highest BCUT2D eigenvalue weighted by Gasteiger charge is 2.40. The van der Waals surface area contributed by atoms with Crippen LogP contribution in [-0.2, 0) is 0 Å². The first-order valence-electron chi connectivity index (χ1n) is 7.62. The van der Waals surface area contributed by atoms with Gasteiger partial charge in [0.05, 0.1) is 4.70 Å². The number of hydrogen-bond acceptors (Lipinski definition) is 4. The number of amides is 1. The van der Waals surface area contributed by atoms with E-state index in [1.165, 1.54) is 37.5 Å². The standard InChI is InChI=1S/C16H19N3OS/c1-10-15(11-4-6-19(10)7-5-11)18-16(20)12-2-3-14-13(8-12)9-17-21-14/h2-3,8-11,15H,4-7H2,1H3,(H,18,20)/t10-,15-/m0/s1. The van der Waals surface area contributed by atoms with Gasteiger partial charge in [0.1, 0.15) is 0 Å². The van der Waals surface area contributed by atoms with Crippen molar-refractivity contribution in [2.45, 2.75) is 31.8 Å². The summed E-state index contributed by atoms with van der Waals surface area (Å²) in [5, 5.41) is 4.33. The number of aromatic nitrogens is 1. The molecule has 2 aromatic rings. The van der Waals surface area contributed by atoms with E-state index < -0.39 is 0 Å². The molecule has 0 spiro atoms. The number of benzene rings is 1. The smallest absolute Gasteiger partial charge is 0.251 e. The normalized spacial score (nSPS) is 31.5. The third-order valence-electron chi connectivity index (χ3n) is 5.09. The molecule has 1 aromatic heterocycles. The van der Waals surface area contributed by atoms with Crippen LogP contribution in [0.1, 0.15) is 30.1 Å². The van der Waals surface area contributed by atoms with Crippen LogP contribution in [0.25, 0.3) is 10.1 Å². The summed E-state index contributed by atoms with van der Waals surface area (Å²) in [6, 6.07) is 6.58. The number of carbonyl (C=O) groups excluding carboxylic acids is 1. The molecule has 3 aliphatic rings. The Morgan fingerprint density at radius 2 is 2.19 bits per heavy atom. The fourth-order valence-electron chi connectivity index (χ4n) is 3.79. The summed E-state index contributed by atoms with van der Waals surface area (Å²) in [5.74, 6) is 0.689. The minimum Gasteiger partial charge on any atom is -0.347 e. The molecule has 1 aromatic carbocycles. The number of carbonyl (C=O) groups is 1. The van der Waals surface area contributed by atoms with Gasteiger partial charge in [0.2, 0.25) is 0 Å². The molecule has 3 aliphatic heterocycles. The van der Waals surface area contributed by atoms with Gasteiger partial charge >= 0.3 is 0 Å². The van der Waals surface area contributed by atoms with Crippen LogP contribution in [0, 0.1) is 5.92 Å². The van der Waals surface area contributed by atoms with Crippen LogP contribution in [0.5, 0.6) is 0 Å². The summed E-state index contributed by atoms with van der Waals surface area (Å²) in [4.78, 5) is 15.1. The van der Waals surface area contributed by atoms with E-state index in [-0.39, 0.29) is 11.9 Å². The first-order valence-corrected chi connectivity index (χ1v) is 8.39. The average molecular weight is 301 g/mol. The molecule has 5 rings (SSSR count). The molecular formula is C16H19N3OS. The highest BCUT2D eigenvalue weighted by molar-refractivity contribution is 7.13. The average Bonchev–Trinajstić information content (AvgIpc) is 2.98. The largest absolute Gasteiger partial charge is 0.347 e. The summed E-state index contributed by atoms with van der Waals surface area (Å²) < 4.78 is 5.29. The Morgan fingerprint density at radius 1 is 1.38 bits per heavy atom. The van der Waals surface area contributed by atoms with Gasteiger partial charge in [-0.15, -0.1) is 0 Å². The first kappa shape index (κ1) is 13.2. The second-order valence-electron chi connectivity index (χ2n) is 6.19. The second-order valence-corrected chi connectivity index (χ2v) is 7.02. The van der Waals surface area contributed by atoms with Crippen molar-refractivity contribution in [3.8, 4) is 0 Å².